The van der Waals surface area contributed by atoms with E-state index in [1.807, 2.05) is 6.92 Å². The van der Waals surface area contributed by atoms with Gasteiger partial charge in [-0.1, -0.05) is 6.92 Å². The molecule has 0 aliphatic rings. The van der Waals surface area contributed by atoms with Crippen molar-refractivity contribution in [3.05, 3.63) is 0 Å². The lowest BCUT2D eigenvalue weighted by atomic mass is 10.4. The molecule has 0 rings (SSSR count). The van der Waals surface area contributed by atoms with Gasteiger partial charge in [0, 0.05) is 19.7 Å². The van der Waals surface area contributed by atoms with Gasteiger partial charge in [0.1, 0.15) is 0 Å². The number of hydrogen-bond acceptors (Lipinski definition) is 3. The summed E-state index contributed by atoms with van der Waals surface area (Å²) in [5.74, 6) is 0. The van der Waals surface area contributed by atoms with E-state index in [1.165, 1.54) is 10.6 Å². The molecule has 0 atom stereocenters. The molecule has 0 fully saturated rings. The highest BCUT2D eigenvalue weighted by atomic mass is 32.2. The first kappa shape index (κ1) is 11.9. The van der Waals surface area contributed by atoms with Crippen LogP contribution in [0.3, 0.4) is 0 Å². The van der Waals surface area contributed by atoms with Gasteiger partial charge in [0.05, 0.1) is 6.26 Å². The van der Waals surface area contributed by atoms with Gasteiger partial charge in [-0.3, -0.25) is 0 Å². The van der Waals surface area contributed by atoms with Crippen molar-refractivity contribution in [2.24, 2.45) is 0 Å². The Balaban J connectivity index is 4.05. The van der Waals surface area contributed by atoms with Crippen molar-refractivity contribution in [1.82, 2.24) is 4.31 Å². The molecule has 0 saturated heterocycles. The number of nitrogens with zero attached hydrogens (tertiary/aromatic N) is 1. The predicted molar refractivity (Wildman–Crippen MR) is 48.4 cm³/mol. The predicted octanol–water partition coefficient (Wildman–Crippen LogP) is 0.0404. The van der Waals surface area contributed by atoms with Crippen molar-refractivity contribution < 1.29 is 13.5 Å². The van der Waals surface area contributed by atoms with E-state index in [9.17, 15) is 8.42 Å². The minimum absolute atomic E-state index is 0.0374. The lowest BCUT2D eigenvalue weighted by molar-refractivity contribution is 0.269. The highest BCUT2D eigenvalue weighted by Gasteiger charge is 2.13. The maximum absolute atomic E-state index is 11.1. The van der Waals surface area contributed by atoms with Crippen molar-refractivity contribution in [2.45, 2.75) is 19.8 Å². The number of rotatable bonds is 6. The molecule has 0 unspecified atom stereocenters. The Morgan fingerprint density at radius 2 is 1.92 bits per heavy atom. The highest BCUT2D eigenvalue weighted by molar-refractivity contribution is 7.88. The molecule has 12 heavy (non-hydrogen) atoms. The van der Waals surface area contributed by atoms with E-state index < -0.39 is 10.0 Å². The highest BCUT2D eigenvalue weighted by Crippen LogP contribution is 2.00. The summed E-state index contributed by atoms with van der Waals surface area (Å²) in [6, 6.07) is 0. The lowest BCUT2D eigenvalue weighted by Gasteiger charge is -2.18. The minimum Gasteiger partial charge on any atom is -0.396 e. The van der Waals surface area contributed by atoms with Crippen LogP contribution in [0, 0.1) is 0 Å². The molecule has 0 radical (unpaired) electrons. The molecule has 74 valence electrons. The van der Waals surface area contributed by atoms with Gasteiger partial charge in [-0.05, 0) is 12.8 Å². The zero-order valence-corrected chi connectivity index (χ0v) is 8.47. The standard InChI is InChI=1S/C7H17NO3S/c1-3-5-8(6-4-7-9)12(2,10)11/h9H,3-7H2,1-2H3. The summed E-state index contributed by atoms with van der Waals surface area (Å²) in [5.41, 5.74) is 0. The smallest absolute Gasteiger partial charge is 0.211 e. The summed E-state index contributed by atoms with van der Waals surface area (Å²) in [5, 5.41) is 8.53. The van der Waals surface area contributed by atoms with E-state index in [2.05, 4.69) is 0 Å². The molecule has 0 aromatic carbocycles. The molecule has 0 aliphatic carbocycles. The normalized spacial score (nSPS) is 12.3. The van der Waals surface area contributed by atoms with Crippen LogP contribution in [0.1, 0.15) is 19.8 Å². The molecule has 4 nitrogen and oxygen atoms in total. The lowest BCUT2D eigenvalue weighted by Crippen LogP contribution is -2.32. The van der Waals surface area contributed by atoms with E-state index in [0.717, 1.165) is 6.42 Å². The Bertz CT molecular complexity index is 201. The maximum atomic E-state index is 11.1. The zero-order chi connectivity index (χ0) is 9.61. The molecule has 1 N–H and O–H groups in total. The molecular weight excluding hydrogens is 178 g/mol. The third kappa shape index (κ3) is 4.69. The topological polar surface area (TPSA) is 57.6 Å². The first-order valence-corrected chi connectivity index (χ1v) is 5.93. The van der Waals surface area contributed by atoms with Crippen LogP contribution in [0.5, 0.6) is 0 Å². The van der Waals surface area contributed by atoms with Gasteiger partial charge in [0.25, 0.3) is 0 Å². The Kier molecular flexibility index (Phi) is 5.44. The molecule has 0 aromatic heterocycles. The van der Waals surface area contributed by atoms with E-state index >= 15 is 0 Å². The Morgan fingerprint density at radius 1 is 1.33 bits per heavy atom. The summed E-state index contributed by atoms with van der Waals surface area (Å²) < 4.78 is 23.5. The number of aliphatic hydroxyl groups is 1. The third-order valence-electron chi connectivity index (χ3n) is 1.51. The van der Waals surface area contributed by atoms with Crippen molar-refractivity contribution in [1.29, 1.82) is 0 Å². The van der Waals surface area contributed by atoms with Gasteiger partial charge in [0.2, 0.25) is 10.0 Å². The van der Waals surface area contributed by atoms with Crippen molar-refractivity contribution in [3.8, 4) is 0 Å². The second-order valence-corrected chi connectivity index (χ2v) is 4.72. The van der Waals surface area contributed by atoms with Gasteiger partial charge >= 0.3 is 0 Å². The van der Waals surface area contributed by atoms with Crippen LogP contribution < -0.4 is 0 Å². The fourth-order valence-electron chi connectivity index (χ4n) is 0.940. The summed E-state index contributed by atoms with van der Waals surface area (Å²) in [7, 11) is -3.08. The quantitative estimate of drug-likeness (QED) is 0.651. The van der Waals surface area contributed by atoms with Gasteiger partial charge in [-0.2, -0.15) is 0 Å². The molecular formula is C7H17NO3S. The van der Waals surface area contributed by atoms with E-state index in [0.29, 0.717) is 19.5 Å². The third-order valence-corrected chi connectivity index (χ3v) is 2.81. The van der Waals surface area contributed by atoms with Crippen LogP contribution in [-0.2, 0) is 10.0 Å². The van der Waals surface area contributed by atoms with E-state index in [4.69, 9.17) is 5.11 Å². The van der Waals surface area contributed by atoms with Crippen LogP contribution in [0.2, 0.25) is 0 Å². The van der Waals surface area contributed by atoms with E-state index in [1.54, 1.807) is 0 Å². The molecule has 5 heteroatoms. The second-order valence-electron chi connectivity index (χ2n) is 2.74. The summed E-state index contributed by atoms with van der Waals surface area (Å²) in [4.78, 5) is 0. The fourth-order valence-corrected chi connectivity index (χ4v) is 1.91. The van der Waals surface area contributed by atoms with Gasteiger partial charge in [0.15, 0.2) is 0 Å². The molecule has 0 aromatic rings. The van der Waals surface area contributed by atoms with Gasteiger partial charge in [-0.25, -0.2) is 12.7 Å². The average molecular weight is 195 g/mol. The van der Waals surface area contributed by atoms with E-state index in [-0.39, 0.29) is 6.61 Å². The Morgan fingerprint density at radius 3 is 2.25 bits per heavy atom. The molecule has 0 heterocycles. The largest absolute Gasteiger partial charge is 0.396 e. The Hall–Kier alpha value is -0.130. The van der Waals surface area contributed by atoms with Crippen LogP contribution >= 0.6 is 0 Å². The SMILES string of the molecule is CCCN(CCCO)S(C)(=O)=O. The fraction of sp³-hybridized carbons (Fsp3) is 1.00. The van der Waals surface area contributed by atoms with Crippen molar-refractivity contribution in [2.75, 3.05) is 26.0 Å². The monoisotopic (exact) mass is 195 g/mol. The second kappa shape index (κ2) is 5.50. The first-order chi connectivity index (χ1) is 5.52. The summed E-state index contributed by atoms with van der Waals surface area (Å²) in [6.45, 7) is 2.93. The van der Waals surface area contributed by atoms with Crippen molar-refractivity contribution >= 4 is 10.0 Å². The molecule has 0 spiro atoms. The summed E-state index contributed by atoms with van der Waals surface area (Å²) in [6.07, 6.45) is 2.51. The molecule has 0 saturated carbocycles. The summed E-state index contributed by atoms with van der Waals surface area (Å²) >= 11 is 0. The minimum atomic E-state index is -3.08. The first-order valence-electron chi connectivity index (χ1n) is 4.08. The maximum Gasteiger partial charge on any atom is 0.211 e. The van der Waals surface area contributed by atoms with Crippen LogP contribution in [0.15, 0.2) is 0 Å². The van der Waals surface area contributed by atoms with Gasteiger partial charge < -0.3 is 5.11 Å². The van der Waals surface area contributed by atoms with Crippen LogP contribution in [-0.4, -0.2) is 43.8 Å². The number of aliphatic hydroxyl groups excluding tert-OH is 1. The Labute approximate surface area is 74.2 Å². The van der Waals surface area contributed by atoms with Gasteiger partial charge in [-0.15, -0.1) is 0 Å². The molecule has 0 aliphatic heterocycles. The van der Waals surface area contributed by atoms with Crippen molar-refractivity contribution in [3.63, 3.8) is 0 Å². The number of sulfonamides is 1. The molecule has 0 amide bonds. The van der Waals surface area contributed by atoms with Crippen LogP contribution in [0.25, 0.3) is 0 Å². The zero-order valence-electron chi connectivity index (χ0n) is 7.65. The molecule has 0 bridgehead atoms. The van der Waals surface area contributed by atoms with Crippen LogP contribution in [0.4, 0.5) is 0 Å². The number of hydrogen-bond donors (Lipinski definition) is 1. The average Bonchev–Trinajstić information content (AvgIpc) is 1.95.